The van der Waals surface area contributed by atoms with Gasteiger partial charge >= 0.3 is 0 Å². The van der Waals surface area contributed by atoms with Gasteiger partial charge in [-0.2, -0.15) is 0 Å². The van der Waals surface area contributed by atoms with Crippen molar-refractivity contribution in [3.63, 3.8) is 0 Å². The zero-order chi connectivity index (χ0) is 24.8. The number of hydrogen-bond donors (Lipinski definition) is 1. The fourth-order valence-electron chi connectivity index (χ4n) is 4.06. The first-order chi connectivity index (χ1) is 16.9. The summed E-state index contributed by atoms with van der Waals surface area (Å²) < 4.78 is 0. The lowest BCUT2D eigenvalue weighted by molar-refractivity contribution is -0.128. The molecule has 4 rings (SSSR count). The molecule has 1 N–H and O–H groups in total. The fraction of sp³-hybridized carbons (Fsp3) is 0.276. The number of thioether (sulfide) groups is 1. The normalized spacial score (nSPS) is 16.7. The Hall–Kier alpha value is -3.38. The van der Waals surface area contributed by atoms with Crippen molar-refractivity contribution in [3.05, 3.63) is 95.1 Å². The van der Waals surface area contributed by atoms with Gasteiger partial charge in [-0.05, 0) is 74.1 Å². The average Bonchev–Trinajstić information content (AvgIpc) is 3.11. The first-order valence-corrected chi connectivity index (χ1v) is 12.8. The quantitative estimate of drug-likeness (QED) is 0.413. The lowest BCUT2D eigenvalue weighted by Crippen LogP contribution is -2.34. The van der Waals surface area contributed by atoms with Gasteiger partial charge in [0.05, 0.1) is 5.69 Å². The molecule has 0 unspecified atom stereocenters. The van der Waals surface area contributed by atoms with Crippen molar-refractivity contribution in [1.82, 2.24) is 4.90 Å². The second-order valence-electron chi connectivity index (χ2n) is 8.99. The van der Waals surface area contributed by atoms with Gasteiger partial charge in [-0.1, -0.05) is 66.4 Å². The summed E-state index contributed by atoms with van der Waals surface area (Å²) in [5, 5.41) is 3.17. The molecule has 180 valence electrons. The zero-order valence-electron chi connectivity index (χ0n) is 20.5. The van der Waals surface area contributed by atoms with E-state index in [0.717, 1.165) is 40.9 Å². The summed E-state index contributed by atoms with van der Waals surface area (Å²) in [6, 6.07) is 24.1. The van der Waals surface area contributed by atoms with Gasteiger partial charge in [0.2, 0.25) is 11.8 Å². The van der Waals surface area contributed by atoms with Crippen LogP contribution in [0.3, 0.4) is 0 Å². The molecule has 5 nitrogen and oxygen atoms in total. The Morgan fingerprint density at radius 2 is 1.74 bits per heavy atom. The molecule has 1 fully saturated rings. The lowest BCUT2D eigenvalue weighted by Gasteiger charge is -2.16. The Morgan fingerprint density at radius 1 is 0.971 bits per heavy atom. The summed E-state index contributed by atoms with van der Waals surface area (Å²) >= 11 is 1.39. The summed E-state index contributed by atoms with van der Waals surface area (Å²) in [5.41, 5.74) is 6.04. The molecule has 0 aliphatic carbocycles. The summed E-state index contributed by atoms with van der Waals surface area (Å²) in [7, 11) is 0. The maximum atomic E-state index is 13.4. The first-order valence-electron chi connectivity index (χ1n) is 11.9. The number of amidine groups is 1. The Morgan fingerprint density at radius 3 is 2.51 bits per heavy atom. The highest BCUT2D eigenvalue weighted by Gasteiger charge is 2.39. The monoisotopic (exact) mass is 485 g/mol. The van der Waals surface area contributed by atoms with Gasteiger partial charge < -0.3 is 5.32 Å². The molecule has 0 saturated carbocycles. The van der Waals surface area contributed by atoms with E-state index in [9.17, 15) is 9.59 Å². The Labute approximate surface area is 211 Å². The van der Waals surface area contributed by atoms with Crippen molar-refractivity contribution >= 4 is 40.1 Å². The van der Waals surface area contributed by atoms with E-state index in [1.807, 2.05) is 81.4 Å². The van der Waals surface area contributed by atoms with Crippen LogP contribution in [-0.4, -0.2) is 33.7 Å². The van der Waals surface area contributed by atoms with Crippen LogP contribution in [0.25, 0.3) is 0 Å². The predicted octanol–water partition coefficient (Wildman–Crippen LogP) is 6.20. The third-order valence-corrected chi connectivity index (χ3v) is 7.15. The van der Waals surface area contributed by atoms with Crippen LogP contribution >= 0.6 is 11.8 Å². The number of nitrogens with one attached hydrogen (secondary N) is 1. The van der Waals surface area contributed by atoms with Crippen molar-refractivity contribution in [3.8, 4) is 0 Å². The third kappa shape index (κ3) is 6.61. The minimum atomic E-state index is -0.486. The minimum Gasteiger partial charge on any atom is -0.326 e. The van der Waals surface area contributed by atoms with Crippen LogP contribution in [0.15, 0.2) is 77.8 Å². The van der Waals surface area contributed by atoms with Crippen LogP contribution in [0.4, 0.5) is 11.4 Å². The highest BCUT2D eigenvalue weighted by molar-refractivity contribution is 8.15. The molecule has 1 heterocycles. The summed E-state index contributed by atoms with van der Waals surface area (Å²) in [6.45, 7) is 6.55. The summed E-state index contributed by atoms with van der Waals surface area (Å²) in [6.07, 6.45) is 1.81. The Balaban J connectivity index is 1.48. The Bertz CT molecular complexity index is 1240. The average molecular weight is 486 g/mol. The van der Waals surface area contributed by atoms with Gasteiger partial charge in [0.15, 0.2) is 5.17 Å². The third-order valence-electron chi connectivity index (χ3n) is 5.97. The maximum absolute atomic E-state index is 13.4. The molecule has 35 heavy (non-hydrogen) atoms. The van der Waals surface area contributed by atoms with E-state index in [1.165, 1.54) is 17.3 Å². The number of hydrogen-bond acceptors (Lipinski definition) is 4. The number of carbonyl (C=O) groups is 2. The van der Waals surface area contributed by atoms with E-state index in [1.54, 1.807) is 4.90 Å². The van der Waals surface area contributed by atoms with E-state index in [-0.39, 0.29) is 18.2 Å². The molecule has 0 radical (unpaired) electrons. The van der Waals surface area contributed by atoms with Gasteiger partial charge in [-0.15, -0.1) is 0 Å². The van der Waals surface area contributed by atoms with E-state index >= 15 is 0 Å². The highest BCUT2D eigenvalue weighted by atomic mass is 32.2. The van der Waals surface area contributed by atoms with Gasteiger partial charge in [-0.25, -0.2) is 4.99 Å². The maximum Gasteiger partial charge on any atom is 0.242 e. The molecule has 1 aliphatic heterocycles. The van der Waals surface area contributed by atoms with Crippen LogP contribution in [-0.2, 0) is 16.0 Å². The first kappa shape index (κ1) is 24.7. The molecule has 1 atom stereocenters. The predicted molar refractivity (Wildman–Crippen MR) is 145 cm³/mol. The lowest BCUT2D eigenvalue weighted by atomic mass is 10.1. The molecule has 0 bridgehead atoms. The van der Waals surface area contributed by atoms with Crippen LogP contribution in [0.2, 0.25) is 0 Å². The van der Waals surface area contributed by atoms with Crippen LogP contribution in [0.5, 0.6) is 0 Å². The molecule has 3 aromatic carbocycles. The van der Waals surface area contributed by atoms with Gasteiger partial charge in [0, 0.05) is 18.7 Å². The van der Waals surface area contributed by atoms with Crippen molar-refractivity contribution in [2.75, 3.05) is 11.9 Å². The summed E-state index contributed by atoms with van der Waals surface area (Å²) in [4.78, 5) is 32.8. The highest BCUT2D eigenvalue weighted by Crippen LogP contribution is 2.32. The number of rotatable bonds is 8. The smallest absolute Gasteiger partial charge is 0.242 e. The fourth-order valence-corrected chi connectivity index (χ4v) is 5.25. The van der Waals surface area contributed by atoms with E-state index < -0.39 is 5.25 Å². The molecule has 3 aromatic rings. The number of nitrogens with zero attached hydrogens (tertiary/aromatic N) is 2. The largest absolute Gasteiger partial charge is 0.326 e. The number of carbonyl (C=O) groups excluding carboxylic acids is 2. The van der Waals surface area contributed by atoms with Gasteiger partial charge in [0.25, 0.3) is 0 Å². The van der Waals surface area contributed by atoms with Crippen molar-refractivity contribution in [2.45, 2.75) is 45.3 Å². The molecule has 0 aromatic heterocycles. The second kappa shape index (κ2) is 11.4. The number of anilines is 1. The molecule has 0 spiro atoms. The van der Waals surface area contributed by atoms with Crippen LogP contribution in [0.1, 0.15) is 35.1 Å². The van der Waals surface area contributed by atoms with Crippen LogP contribution < -0.4 is 5.32 Å². The number of aliphatic imine (C=N–C) groups is 1. The molecule has 6 heteroatoms. The number of amides is 2. The zero-order valence-corrected chi connectivity index (χ0v) is 21.3. The molecular formula is C29H31N3O2S. The molecule has 1 aliphatic rings. The van der Waals surface area contributed by atoms with E-state index in [2.05, 4.69) is 17.4 Å². The summed E-state index contributed by atoms with van der Waals surface area (Å²) in [5.74, 6) is -0.212. The van der Waals surface area contributed by atoms with Gasteiger partial charge in [0.1, 0.15) is 5.25 Å². The minimum absolute atomic E-state index is 0.0504. The van der Waals surface area contributed by atoms with Crippen molar-refractivity contribution < 1.29 is 9.59 Å². The second-order valence-corrected chi connectivity index (χ2v) is 10.2. The van der Waals surface area contributed by atoms with E-state index in [4.69, 9.17) is 4.99 Å². The Kier molecular flexibility index (Phi) is 8.03. The van der Waals surface area contributed by atoms with Crippen molar-refractivity contribution in [2.24, 2.45) is 4.99 Å². The topological polar surface area (TPSA) is 61.8 Å². The molecular weight excluding hydrogens is 454 g/mol. The van der Waals surface area contributed by atoms with Gasteiger partial charge in [-0.3, -0.25) is 14.5 Å². The molecule has 2 amide bonds. The van der Waals surface area contributed by atoms with Crippen molar-refractivity contribution in [1.29, 1.82) is 0 Å². The molecule has 1 saturated heterocycles. The SMILES string of the molecule is Cc1cccc(N=C2S[C@@H](CC(=O)Nc3cc(C)ccc3C)C(=O)N2CCCc2ccccc2)c1. The van der Waals surface area contributed by atoms with Crippen LogP contribution in [0, 0.1) is 20.8 Å². The standard InChI is InChI=1S/C29H31N3O2S/c1-20-9-7-13-24(17-20)30-29-32(16-8-12-23-10-5-4-6-11-23)28(34)26(35-29)19-27(33)31-25-18-21(2)14-15-22(25)3/h4-7,9-11,13-15,17-18,26H,8,12,16,19H2,1-3H3,(H,31,33)/t26-/m0/s1. The number of benzene rings is 3. The number of aryl methyl sites for hydroxylation is 4. The van der Waals surface area contributed by atoms with E-state index in [0.29, 0.717) is 11.7 Å².